The number of halogens is 1. The molecule has 0 saturated heterocycles. The summed E-state index contributed by atoms with van der Waals surface area (Å²) in [6.45, 7) is 0.405. The standard InChI is InChI=1S/C18H15ClN2O2S/c1-23-17-10-12(8-9-20-17)11-21-16(22)7-6-15-18(19)13-4-2-3-5-14(13)24-15/h2-10H,11H2,1H3,(H,21,22)/b7-6+. The fraction of sp³-hybridized carbons (Fsp3) is 0.111. The molecule has 3 rings (SSSR count). The molecule has 0 unspecified atom stereocenters. The summed E-state index contributed by atoms with van der Waals surface area (Å²) in [7, 11) is 1.56. The van der Waals surface area contributed by atoms with Gasteiger partial charge < -0.3 is 10.1 Å². The van der Waals surface area contributed by atoms with E-state index in [-0.39, 0.29) is 5.91 Å². The molecule has 1 amide bonds. The van der Waals surface area contributed by atoms with Crippen molar-refractivity contribution in [2.75, 3.05) is 7.11 Å². The van der Waals surface area contributed by atoms with Crippen LogP contribution in [0.25, 0.3) is 16.2 Å². The molecule has 0 aliphatic heterocycles. The molecule has 2 aromatic heterocycles. The Kier molecular flexibility index (Phi) is 5.13. The number of fused-ring (bicyclic) bond motifs is 1. The van der Waals surface area contributed by atoms with Crippen LogP contribution in [0.4, 0.5) is 0 Å². The molecule has 1 N–H and O–H groups in total. The normalized spacial score (nSPS) is 11.1. The molecule has 0 saturated carbocycles. The molecular weight excluding hydrogens is 344 g/mol. The highest BCUT2D eigenvalue weighted by Crippen LogP contribution is 2.35. The van der Waals surface area contributed by atoms with Crippen molar-refractivity contribution in [1.82, 2.24) is 10.3 Å². The predicted molar refractivity (Wildman–Crippen MR) is 98.5 cm³/mol. The molecule has 2 heterocycles. The van der Waals surface area contributed by atoms with Gasteiger partial charge in [-0.05, 0) is 23.8 Å². The number of amides is 1. The smallest absolute Gasteiger partial charge is 0.244 e. The van der Waals surface area contributed by atoms with E-state index in [1.54, 1.807) is 36.8 Å². The number of rotatable bonds is 5. The Morgan fingerprint density at radius 3 is 3.00 bits per heavy atom. The van der Waals surface area contributed by atoms with Gasteiger partial charge in [0.25, 0.3) is 0 Å². The third kappa shape index (κ3) is 3.75. The van der Waals surface area contributed by atoms with Gasteiger partial charge in [0.1, 0.15) is 0 Å². The van der Waals surface area contributed by atoms with Gasteiger partial charge in [-0.3, -0.25) is 4.79 Å². The predicted octanol–water partition coefficient (Wildman–Crippen LogP) is 4.29. The Morgan fingerprint density at radius 1 is 1.38 bits per heavy atom. The van der Waals surface area contributed by atoms with Gasteiger partial charge in [0, 0.05) is 39.8 Å². The van der Waals surface area contributed by atoms with Gasteiger partial charge in [-0.1, -0.05) is 29.8 Å². The van der Waals surface area contributed by atoms with Gasteiger partial charge in [-0.2, -0.15) is 0 Å². The van der Waals surface area contributed by atoms with Crippen LogP contribution < -0.4 is 10.1 Å². The summed E-state index contributed by atoms with van der Waals surface area (Å²) in [5.41, 5.74) is 0.920. The number of hydrogen-bond donors (Lipinski definition) is 1. The fourth-order valence-electron chi connectivity index (χ4n) is 2.21. The van der Waals surface area contributed by atoms with E-state index in [2.05, 4.69) is 10.3 Å². The first-order valence-corrected chi connectivity index (χ1v) is 8.48. The lowest BCUT2D eigenvalue weighted by Crippen LogP contribution is -2.20. The van der Waals surface area contributed by atoms with Crippen molar-refractivity contribution in [3.05, 3.63) is 64.1 Å². The minimum absolute atomic E-state index is 0.181. The van der Waals surface area contributed by atoms with Crippen LogP contribution in [0.15, 0.2) is 48.7 Å². The van der Waals surface area contributed by atoms with Crippen molar-refractivity contribution in [2.24, 2.45) is 0 Å². The second-order valence-corrected chi connectivity index (χ2v) is 6.50. The number of ether oxygens (including phenoxy) is 1. The first kappa shape index (κ1) is 16.5. The summed E-state index contributed by atoms with van der Waals surface area (Å²) in [6, 6.07) is 11.5. The summed E-state index contributed by atoms with van der Waals surface area (Å²) in [4.78, 5) is 16.9. The largest absolute Gasteiger partial charge is 0.481 e. The average molecular weight is 359 g/mol. The molecule has 0 bridgehead atoms. The number of carbonyl (C=O) groups is 1. The zero-order chi connectivity index (χ0) is 16.9. The molecule has 0 aliphatic carbocycles. The monoisotopic (exact) mass is 358 g/mol. The second kappa shape index (κ2) is 7.47. The Hall–Kier alpha value is -2.37. The number of thiophene rings is 1. The van der Waals surface area contributed by atoms with Crippen LogP contribution in [-0.4, -0.2) is 18.0 Å². The first-order valence-electron chi connectivity index (χ1n) is 7.29. The summed E-state index contributed by atoms with van der Waals surface area (Å²) < 4.78 is 6.16. The van der Waals surface area contributed by atoms with Crippen LogP contribution in [0.3, 0.4) is 0 Å². The SMILES string of the molecule is COc1cc(CNC(=O)/C=C/c2sc3ccccc3c2Cl)ccn1. The molecule has 0 spiro atoms. The highest BCUT2D eigenvalue weighted by molar-refractivity contribution is 7.20. The number of aromatic nitrogens is 1. The topological polar surface area (TPSA) is 51.2 Å². The van der Waals surface area contributed by atoms with Crippen molar-refractivity contribution >= 4 is 45.0 Å². The maximum atomic E-state index is 12.0. The van der Waals surface area contributed by atoms with E-state index in [9.17, 15) is 4.79 Å². The second-order valence-electron chi connectivity index (χ2n) is 5.03. The molecule has 0 aliphatic rings. The minimum atomic E-state index is -0.181. The van der Waals surface area contributed by atoms with E-state index < -0.39 is 0 Å². The van der Waals surface area contributed by atoms with E-state index in [1.165, 1.54) is 6.08 Å². The van der Waals surface area contributed by atoms with E-state index in [0.717, 1.165) is 20.5 Å². The van der Waals surface area contributed by atoms with Gasteiger partial charge in [0.05, 0.1) is 12.1 Å². The number of methoxy groups -OCH3 is 1. The van der Waals surface area contributed by atoms with Gasteiger partial charge in [-0.15, -0.1) is 11.3 Å². The van der Waals surface area contributed by atoms with E-state index in [1.807, 2.05) is 30.3 Å². The van der Waals surface area contributed by atoms with Crippen molar-refractivity contribution < 1.29 is 9.53 Å². The third-order valence-electron chi connectivity index (χ3n) is 3.42. The molecule has 3 aromatic rings. The van der Waals surface area contributed by atoms with Crippen molar-refractivity contribution in [2.45, 2.75) is 6.54 Å². The molecule has 0 atom stereocenters. The van der Waals surface area contributed by atoms with Crippen molar-refractivity contribution in [1.29, 1.82) is 0 Å². The zero-order valence-electron chi connectivity index (χ0n) is 13.0. The number of nitrogens with zero attached hydrogens (tertiary/aromatic N) is 1. The van der Waals surface area contributed by atoms with Crippen LogP contribution in [0.5, 0.6) is 5.88 Å². The average Bonchev–Trinajstić information content (AvgIpc) is 2.94. The van der Waals surface area contributed by atoms with Crippen molar-refractivity contribution in [3.63, 3.8) is 0 Å². The Labute approximate surface area is 148 Å². The number of pyridine rings is 1. The van der Waals surface area contributed by atoms with E-state index in [0.29, 0.717) is 17.4 Å². The maximum Gasteiger partial charge on any atom is 0.244 e. The molecule has 24 heavy (non-hydrogen) atoms. The summed E-state index contributed by atoms with van der Waals surface area (Å²) in [5.74, 6) is 0.341. The van der Waals surface area contributed by atoms with Gasteiger partial charge in [-0.25, -0.2) is 4.98 Å². The zero-order valence-corrected chi connectivity index (χ0v) is 14.5. The van der Waals surface area contributed by atoms with Crippen LogP contribution in [0, 0.1) is 0 Å². The number of carbonyl (C=O) groups excluding carboxylic acids is 1. The number of nitrogens with one attached hydrogen (secondary N) is 1. The van der Waals surface area contributed by atoms with Crippen LogP contribution in [0.1, 0.15) is 10.4 Å². The van der Waals surface area contributed by atoms with Crippen LogP contribution in [-0.2, 0) is 11.3 Å². The third-order valence-corrected chi connectivity index (χ3v) is 5.08. The van der Waals surface area contributed by atoms with E-state index >= 15 is 0 Å². The van der Waals surface area contributed by atoms with Crippen LogP contribution >= 0.6 is 22.9 Å². The van der Waals surface area contributed by atoms with E-state index in [4.69, 9.17) is 16.3 Å². The number of hydrogen-bond acceptors (Lipinski definition) is 4. The summed E-state index contributed by atoms with van der Waals surface area (Å²) >= 11 is 7.92. The van der Waals surface area contributed by atoms with Crippen molar-refractivity contribution in [3.8, 4) is 5.88 Å². The molecule has 0 radical (unpaired) electrons. The summed E-state index contributed by atoms with van der Waals surface area (Å²) in [6.07, 6.45) is 4.89. The van der Waals surface area contributed by atoms with Gasteiger partial charge in [0.2, 0.25) is 11.8 Å². The molecule has 122 valence electrons. The molecule has 1 aromatic carbocycles. The highest BCUT2D eigenvalue weighted by Gasteiger charge is 2.07. The van der Waals surface area contributed by atoms with Gasteiger partial charge in [0.15, 0.2) is 0 Å². The fourth-order valence-corrected chi connectivity index (χ4v) is 3.61. The molecular formula is C18H15ClN2O2S. The quantitative estimate of drug-likeness (QED) is 0.692. The number of benzene rings is 1. The Balaban J connectivity index is 1.65. The van der Waals surface area contributed by atoms with Crippen LogP contribution in [0.2, 0.25) is 5.02 Å². The first-order chi connectivity index (χ1) is 11.7. The lowest BCUT2D eigenvalue weighted by atomic mass is 10.2. The maximum absolute atomic E-state index is 12.0. The molecule has 6 heteroatoms. The Bertz CT molecular complexity index is 905. The lowest BCUT2D eigenvalue weighted by molar-refractivity contribution is -0.116. The minimum Gasteiger partial charge on any atom is -0.481 e. The Morgan fingerprint density at radius 2 is 2.21 bits per heavy atom. The highest BCUT2D eigenvalue weighted by atomic mass is 35.5. The molecule has 0 fully saturated rings. The lowest BCUT2D eigenvalue weighted by Gasteiger charge is -2.04. The summed E-state index contributed by atoms with van der Waals surface area (Å²) in [5, 5.41) is 4.51. The van der Waals surface area contributed by atoms with Gasteiger partial charge >= 0.3 is 0 Å². The molecule has 4 nitrogen and oxygen atoms in total.